The summed E-state index contributed by atoms with van der Waals surface area (Å²) in [4.78, 5) is 36.2. The molecule has 0 spiro atoms. The molecule has 1 heterocycles. The molecule has 0 bridgehead atoms. The van der Waals surface area contributed by atoms with Gasteiger partial charge in [0.2, 0.25) is 5.13 Å². The summed E-state index contributed by atoms with van der Waals surface area (Å²) in [6.45, 7) is 0. The van der Waals surface area contributed by atoms with Crippen molar-refractivity contribution < 1.29 is 9.85 Å². The van der Waals surface area contributed by atoms with Gasteiger partial charge in [0.15, 0.2) is 0 Å². The van der Waals surface area contributed by atoms with Crippen LogP contribution in [0.3, 0.4) is 0 Å². The van der Waals surface area contributed by atoms with Crippen molar-refractivity contribution in [2.24, 2.45) is 5.10 Å². The van der Waals surface area contributed by atoms with Crippen LogP contribution in [0.15, 0.2) is 52.4 Å². The molecule has 130 valence electrons. The van der Waals surface area contributed by atoms with Crippen LogP contribution >= 0.6 is 11.3 Å². The zero-order chi connectivity index (χ0) is 18.7. The van der Waals surface area contributed by atoms with E-state index in [0.29, 0.717) is 10.3 Å². The monoisotopic (exact) mass is 371 g/mol. The third-order valence-electron chi connectivity index (χ3n) is 3.27. The lowest BCUT2D eigenvalue weighted by Crippen LogP contribution is -2.07. The Balaban J connectivity index is 1.84. The summed E-state index contributed by atoms with van der Waals surface area (Å²) < 4.78 is 0.517. The van der Waals surface area contributed by atoms with E-state index in [4.69, 9.17) is 0 Å². The number of rotatable bonds is 5. The number of benzene rings is 2. The number of nitro benzene ring substituents is 2. The number of hydrazone groups is 1. The molecule has 0 amide bonds. The van der Waals surface area contributed by atoms with Crippen LogP contribution in [0.5, 0.6) is 0 Å². The number of nitrogens with one attached hydrogen (secondary N) is 1. The molecule has 0 unspecified atom stereocenters. The van der Waals surface area contributed by atoms with E-state index < -0.39 is 15.4 Å². The summed E-state index contributed by atoms with van der Waals surface area (Å²) in [5.41, 5.74) is 2.21. The number of nitro groups is 2. The molecule has 1 N–H and O–H groups in total. The van der Waals surface area contributed by atoms with Crippen molar-refractivity contribution in [1.82, 2.24) is 4.98 Å². The average molecular weight is 371 g/mol. The summed E-state index contributed by atoms with van der Waals surface area (Å²) in [7, 11) is 0. The van der Waals surface area contributed by atoms with Gasteiger partial charge in [-0.1, -0.05) is 23.5 Å². The zero-order valence-corrected chi connectivity index (χ0v) is 13.7. The van der Waals surface area contributed by atoms with Gasteiger partial charge in [0.1, 0.15) is 0 Å². The van der Waals surface area contributed by atoms with Crippen LogP contribution in [-0.2, 0) is 0 Å². The van der Waals surface area contributed by atoms with Crippen LogP contribution < -0.4 is 11.0 Å². The molecule has 0 aliphatic heterocycles. The maximum Gasteiger partial charge on any atom is 0.281 e. The molecule has 0 aliphatic rings. The second kappa shape index (κ2) is 7.03. The number of anilines is 1. The van der Waals surface area contributed by atoms with Crippen LogP contribution in [0.1, 0.15) is 5.56 Å². The molecule has 0 aliphatic carbocycles. The number of hydrogen-bond acceptors (Lipinski definition) is 9. The minimum absolute atomic E-state index is 0.0657. The van der Waals surface area contributed by atoms with Crippen molar-refractivity contribution in [3.63, 3.8) is 0 Å². The molecular weight excluding hydrogens is 362 g/mol. The van der Waals surface area contributed by atoms with E-state index in [9.17, 15) is 25.0 Å². The lowest BCUT2D eigenvalue weighted by Gasteiger charge is -2.00. The number of non-ortho nitro benzene ring substituents is 2. The third-order valence-corrected chi connectivity index (χ3v) is 4.22. The quantitative estimate of drug-likeness (QED) is 0.413. The van der Waals surface area contributed by atoms with Crippen molar-refractivity contribution in [3.05, 3.63) is 78.6 Å². The van der Waals surface area contributed by atoms with Gasteiger partial charge in [-0.25, -0.2) is 0 Å². The first-order valence-corrected chi connectivity index (χ1v) is 7.88. The standard InChI is InChI=1S/C15H9N5O5S/c21-14-12-7-11(20(24)25)4-5-13(12)26-15(17-14)18-16-8-9-2-1-3-10(6-9)19(22)23/h1-8H,(H,17,18,21)/b16-8+. The Kier molecular flexibility index (Phi) is 4.62. The number of hydrogen-bond donors (Lipinski definition) is 1. The molecule has 11 heteroatoms. The fourth-order valence-electron chi connectivity index (χ4n) is 2.10. The summed E-state index contributed by atoms with van der Waals surface area (Å²) in [5, 5.41) is 25.8. The summed E-state index contributed by atoms with van der Waals surface area (Å²) >= 11 is 1.10. The SMILES string of the molecule is O=c1nc(N/N=C/c2cccc([N+](=O)[O-])c2)sc2ccc([N+](=O)[O-])cc12. The largest absolute Gasteiger partial charge is 0.281 e. The summed E-state index contributed by atoms with van der Waals surface area (Å²) in [5.74, 6) is 0. The smallest absolute Gasteiger partial charge is 0.267 e. The predicted molar refractivity (Wildman–Crippen MR) is 96.9 cm³/mol. The summed E-state index contributed by atoms with van der Waals surface area (Å²) in [6.07, 6.45) is 1.35. The molecule has 0 radical (unpaired) electrons. The Bertz CT molecular complexity index is 1110. The highest BCUT2D eigenvalue weighted by Crippen LogP contribution is 2.24. The maximum absolute atomic E-state index is 12.0. The lowest BCUT2D eigenvalue weighted by atomic mass is 10.2. The van der Waals surface area contributed by atoms with Crippen molar-refractivity contribution in [2.75, 3.05) is 5.43 Å². The van der Waals surface area contributed by atoms with Gasteiger partial charge < -0.3 is 0 Å². The highest BCUT2D eigenvalue weighted by atomic mass is 32.1. The molecule has 3 rings (SSSR count). The topological polar surface area (TPSA) is 141 Å². The van der Waals surface area contributed by atoms with Crippen LogP contribution in [0.4, 0.5) is 16.5 Å². The van der Waals surface area contributed by atoms with Gasteiger partial charge in [-0.2, -0.15) is 10.1 Å². The average Bonchev–Trinajstić information content (AvgIpc) is 2.61. The molecule has 1 aromatic heterocycles. The van der Waals surface area contributed by atoms with Gasteiger partial charge in [0.25, 0.3) is 16.9 Å². The second-order valence-electron chi connectivity index (χ2n) is 4.98. The maximum atomic E-state index is 12.0. The summed E-state index contributed by atoms with van der Waals surface area (Å²) in [6, 6.07) is 9.82. The van der Waals surface area contributed by atoms with Gasteiger partial charge in [0.05, 0.1) is 21.4 Å². The fraction of sp³-hybridized carbons (Fsp3) is 0. The van der Waals surface area contributed by atoms with Gasteiger partial charge >= 0.3 is 0 Å². The highest BCUT2D eigenvalue weighted by Gasteiger charge is 2.11. The van der Waals surface area contributed by atoms with E-state index in [1.807, 2.05) is 0 Å². The Hall–Kier alpha value is -3.73. The van der Waals surface area contributed by atoms with Gasteiger partial charge in [-0.05, 0) is 6.07 Å². The van der Waals surface area contributed by atoms with E-state index in [-0.39, 0.29) is 21.9 Å². The molecule has 0 saturated carbocycles. The van der Waals surface area contributed by atoms with Crippen molar-refractivity contribution in [2.45, 2.75) is 0 Å². The normalized spacial score (nSPS) is 10.9. The fourth-order valence-corrected chi connectivity index (χ4v) is 2.92. The van der Waals surface area contributed by atoms with E-state index in [1.165, 1.54) is 42.6 Å². The Morgan fingerprint density at radius 2 is 1.81 bits per heavy atom. The van der Waals surface area contributed by atoms with Gasteiger partial charge in [-0.3, -0.25) is 30.4 Å². The Morgan fingerprint density at radius 3 is 2.54 bits per heavy atom. The number of aromatic nitrogens is 1. The first-order chi connectivity index (χ1) is 12.4. The Labute approximate surface area is 148 Å². The van der Waals surface area contributed by atoms with E-state index in [1.54, 1.807) is 6.07 Å². The third kappa shape index (κ3) is 3.67. The van der Waals surface area contributed by atoms with Crippen LogP contribution in [0.25, 0.3) is 10.1 Å². The van der Waals surface area contributed by atoms with Crippen LogP contribution in [-0.4, -0.2) is 21.0 Å². The van der Waals surface area contributed by atoms with Crippen molar-refractivity contribution in [3.8, 4) is 0 Å². The predicted octanol–water partition coefficient (Wildman–Crippen LogP) is 2.92. The van der Waals surface area contributed by atoms with Gasteiger partial charge in [-0.15, -0.1) is 0 Å². The molecule has 26 heavy (non-hydrogen) atoms. The number of fused-ring (bicyclic) bond motifs is 1. The van der Waals surface area contributed by atoms with Crippen molar-refractivity contribution >= 4 is 44.1 Å². The molecular formula is C15H9N5O5S. The van der Waals surface area contributed by atoms with Crippen molar-refractivity contribution in [1.29, 1.82) is 0 Å². The second-order valence-corrected chi connectivity index (χ2v) is 6.01. The minimum Gasteiger partial charge on any atom is -0.267 e. The zero-order valence-electron chi connectivity index (χ0n) is 12.9. The van der Waals surface area contributed by atoms with Gasteiger partial charge in [0, 0.05) is 34.5 Å². The van der Waals surface area contributed by atoms with Crippen LogP contribution in [0.2, 0.25) is 0 Å². The molecule has 2 aromatic carbocycles. The molecule has 3 aromatic rings. The van der Waals surface area contributed by atoms with E-state index in [2.05, 4.69) is 15.5 Å². The molecule has 0 saturated heterocycles. The number of nitrogens with zero attached hydrogens (tertiary/aromatic N) is 4. The van der Waals surface area contributed by atoms with E-state index in [0.717, 1.165) is 11.3 Å². The molecule has 0 atom stereocenters. The lowest BCUT2D eigenvalue weighted by molar-refractivity contribution is -0.385. The van der Waals surface area contributed by atoms with Crippen LogP contribution in [0, 0.1) is 20.2 Å². The molecule has 10 nitrogen and oxygen atoms in total. The first kappa shape index (κ1) is 17.1. The first-order valence-electron chi connectivity index (χ1n) is 7.07. The Morgan fingerprint density at radius 1 is 1.08 bits per heavy atom. The minimum atomic E-state index is -0.615. The highest BCUT2D eigenvalue weighted by molar-refractivity contribution is 7.21. The van der Waals surface area contributed by atoms with E-state index >= 15 is 0 Å². The molecule has 0 fully saturated rings.